The molecule has 0 spiro atoms. The van der Waals surface area contributed by atoms with Crippen molar-refractivity contribution in [1.29, 1.82) is 0 Å². The number of carbonyl (C=O) groups excluding carboxylic acids is 2. The van der Waals surface area contributed by atoms with Gasteiger partial charge < -0.3 is 9.53 Å². The summed E-state index contributed by atoms with van der Waals surface area (Å²) in [5.74, 6) is -0.501. The Hall–Kier alpha value is -0.860. The zero-order valence-electron chi connectivity index (χ0n) is 10.9. The number of aldehydes is 1. The first-order valence-electron chi connectivity index (χ1n) is 6.07. The Bertz CT molecular complexity index is 216. The maximum absolute atomic E-state index is 11.8. The van der Waals surface area contributed by atoms with Crippen LogP contribution >= 0.6 is 0 Å². The normalized spacial score (nSPS) is 13.2. The van der Waals surface area contributed by atoms with Crippen molar-refractivity contribution in [3.63, 3.8) is 0 Å². The van der Waals surface area contributed by atoms with Gasteiger partial charge in [-0.3, -0.25) is 4.79 Å². The van der Waals surface area contributed by atoms with Crippen LogP contribution < -0.4 is 0 Å². The van der Waals surface area contributed by atoms with Crippen molar-refractivity contribution in [3.05, 3.63) is 0 Å². The molecule has 3 heteroatoms. The summed E-state index contributed by atoms with van der Waals surface area (Å²) in [6, 6.07) is 0. The number of esters is 1. The van der Waals surface area contributed by atoms with Crippen LogP contribution in [0.1, 0.15) is 59.8 Å². The maximum Gasteiger partial charge on any atom is 0.309 e. The van der Waals surface area contributed by atoms with Crippen molar-refractivity contribution < 1.29 is 14.3 Å². The van der Waals surface area contributed by atoms with Gasteiger partial charge in [-0.15, -0.1) is 0 Å². The zero-order valence-corrected chi connectivity index (χ0v) is 10.9. The number of hydrogen-bond acceptors (Lipinski definition) is 3. The van der Waals surface area contributed by atoms with Crippen molar-refractivity contribution in [2.75, 3.05) is 0 Å². The van der Waals surface area contributed by atoms with Gasteiger partial charge in [0.05, 0.1) is 5.92 Å². The van der Waals surface area contributed by atoms with E-state index in [4.69, 9.17) is 4.74 Å². The highest BCUT2D eigenvalue weighted by Crippen LogP contribution is 2.18. The lowest BCUT2D eigenvalue weighted by atomic mass is 9.98. The minimum Gasteiger partial charge on any atom is -0.460 e. The fraction of sp³-hybridized carbons (Fsp3) is 0.846. The molecule has 0 saturated carbocycles. The molecule has 94 valence electrons. The van der Waals surface area contributed by atoms with Crippen molar-refractivity contribution in [2.45, 2.75) is 65.4 Å². The molecule has 0 N–H and O–H groups in total. The first-order valence-corrected chi connectivity index (χ1v) is 6.07. The molecular formula is C13H24O3. The van der Waals surface area contributed by atoms with E-state index in [0.29, 0.717) is 0 Å². The van der Waals surface area contributed by atoms with Crippen LogP contribution in [0.5, 0.6) is 0 Å². The SMILES string of the molecule is CCCCCC(CC=O)C(=O)OC(C)(C)C. The Morgan fingerprint density at radius 1 is 1.31 bits per heavy atom. The molecule has 0 aliphatic heterocycles. The minimum atomic E-state index is -0.469. The highest BCUT2D eigenvalue weighted by molar-refractivity contribution is 5.75. The summed E-state index contributed by atoms with van der Waals surface area (Å²) < 4.78 is 5.29. The van der Waals surface area contributed by atoms with Gasteiger partial charge in [-0.1, -0.05) is 26.2 Å². The maximum atomic E-state index is 11.8. The molecule has 0 aromatic rings. The number of rotatable bonds is 7. The lowest BCUT2D eigenvalue weighted by Crippen LogP contribution is -2.29. The molecule has 0 bridgehead atoms. The molecule has 0 amide bonds. The topological polar surface area (TPSA) is 43.4 Å². The molecule has 0 heterocycles. The number of ether oxygens (including phenoxy) is 1. The second kappa shape index (κ2) is 7.42. The molecule has 3 nitrogen and oxygen atoms in total. The molecule has 0 radical (unpaired) electrons. The third-order valence-electron chi connectivity index (χ3n) is 2.28. The van der Waals surface area contributed by atoms with Gasteiger partial charge in [0.1, 0.15) is 11.9 Å². The van der Waals surface area contributed by atoms with Crippen molar-refractivity contribution >= 4 is 12.3 Å². The number of unbranched alkanes of at least 4 members (excludes halogenated alkanes) is 2. The standard InChI is InChI=1S/C13H24O3/c1-5-6-7-8-11(9-10-14)12(15)16-13(2,3)4/h10-11H,5-9H2,1-4H3. The molecule has 1 atom stereocenters. The fourth-order valence-electron chi connectivity index (χ4n) is 1.47. The van der Waals surface area contributed by atoms with Gasteiger partial charge in [-0.05, 0) is 27.2 Å². The molecule has 16 heavy (non-hydrogen) atoms. The quantitative estimate of drug-likeness (QED) is 0.382. The molecule has 0 aliphatic carbocycles. The summed E-state index contributed by atoms with van der Waals surface area (Å²) in [6.07, 6.45) is 5.02. The molecular weight excluding hydrogens is 204 g/mol. The number of hydrogen-bond donors (Lipinski definition) is 0. The third kappa shape index (κ3) is 7.43. The summed E-state index contributed by atoms with van der Waals surface area (Å²) >= 11 is 0. The monoisotopic (exact) mass is 228 g/mol. The summed E-state index contributed by atoms with van der Waals surface area (Å²) in [4.78, 5) is 22.3. The predicted octanol–water partition coefficient (Wildman–Crippen LogP) is 3.11. The lowest BCUT2D eigenvalue weighted by Gasteiger charge is -2.23. The first-order chi connectivity index (χ1) is 7.40. The van der Waals surface area contributed by atoms with Gasteiger partial charge >= 0.3 is 5.97 Å². The molecule has 0 fully saturated rings. The summed E-state index contributed by atoms with van der Waals surface area (Å²) in [5, 5.41) is 0. The first kappa shape index (κ1) is 15.1. The number of carbonyl (C=O) groups is 2. The van der Waals surface area contributed by atoms with Crippen LogP contribution in [-0.4, -0.2) is 17.9 Å². The average Bonchev–Trinajstić information content (AvgIpc) is 2.14. The van der Waals surface area contributed by atoms with Gasteiger partial charge in [0.25, 0.3) is 0 Å². The molecule has 0 saturated heterocycles. The van der Waals surface area contributed by atoms with Gasteiger partial charge in [-0.2, -0.15) is 0 Å². The molecule has 0 aromatic heterocycles. The molecule has 0 rings (SSSR count). The van der Waals surface area contributed by atoms with E-state index in [1.54, 1.807) is 0 Å². The van der Waals surface area contributed by atoms with Crippen LogP contribution in [0.15, 0.2) is 0 Å². The highest BCUT2D eigenvalue weighted by Gasteiger charge is 2.24. The van der Waals surface area contributed by atoms with E-state index in [2.05, 4.69) is 6.92 Å². The summed E-state index contributed by atoms with van der Waals surface area (Å²) in [6.45, 7) is 7.64. The van der Waals surface area contributed by atoms with Gasteiger partial charge in [0.2, 0.25) is 0 Å². The van der Waals surface area contributed by atoms with E-state index in [0.717, 1.165) is 32.0 Å². The molecule has 0 aliphatic rings. The van der Waals surface area contributed by atoms with E-state index in [9.17, 15) is 9.59 Å². The van der Waals surface area contributed by atoms with Gasteiger partial charge in [-0.25, -0.2) is 0 Å². The molecule has 1 unspecified atom stereocenters. The van der Waals surface area contributed by atoms with Crippen molar-refractivity contribution in [1.82, 2.24) is 0 Å². The van der Waals surface area contributed by atoms with E-state index >= 15 is 0 Å². The van der Waals surface area contributed by atoms with Crippen LogP contribution in [0.25, 0.3) is 0 Å². The van der Waals surface area contributed by atoms with Crippen LogP contribution in [0.3, 0.4) is 0 Å². The Balaban J connectivity index is 4.18. The second-order valence-electron chi connectivity index (χ2n) is 5.13. The van der Waals surface area contributed by atoms with Crippen LogP contribution in [-0.2, 0) is 14.3 Å². The van der Waals surface area contributed by atoms with Crippen molar-refractivity contribution in [2.24, 2.45) is 5.92 Å². The van der Waals surface area contributed by atoms with E-state index in [1.807, 2.05) is 20.8 Å². The summed E-state index contributed by atoms with van der Waals surface area (Å²) in [5.41, 5.74) is -0.469. The van der Waals surface area contributed by atoms with Gasteiger partial charge in [0, 0.05) is 6.42 Å². The van der Waals surface area contributed by atoms with Gasteiger partial charge in [0.15, 0.2) is 0 Å². The summed E-state index contributed by atoms with van der Waals surface area (Å²) in [7, 11) is 0. The fourth-order valence-corrected chi connectivity index (χ4v) is 1.47. The Kier molecular flexibility index (Phi) is 7.02. The van der Waals surface area contributed by atoms with Crippen molar-refractivity contribution in [3.8, 4) is 0 Å². The van der Waals surface area contributed by atoms with E-state index < -0.39 is 5.60 Å². The Morgan fingerprint density at radius 3 is 2.38 bits per heavy atom. The van der Waals surface area contributed by atoms with Crippen LogP contribution in [0.4, 0.5) is 0 Å². The third-order valence-corrected chi connectivity index (χ3v) is 2.28. The van der Waals surface area contributed by atoms with Crippen LogP contribution in [0.2, 0.25) is 0 Å². The Labute approximate surface area is 98.6 Å². The Morgan fingerprint density at radius 2 is 1.94 bits per heavy atom. The van der Waals surface area contributed by atoms with Crippen LogP contribution in [0, 0.1) is 5.92 Å². The van der Waals surface area contributed by atoms with E-state index in [1.165, 1.54) is 0 Å². The zero-order chi connectivity index (χ0) is 12.6. The van der Waals surface area contributed by atoms with E-state index in [-0.39, 0.29) is 18.3 Å². The lowest BCUT2D eigenvalue weighted by molar-refractivity contribution is -0.161. The second-order valence-corrected chi connectivity index (χ2v) is 5.13. The smallest absolute Gasteiger partial charge is 0.309 e. The predicted molar refractivity (Wildman–Crippen MR) is 64.2 cm³/mol. The highest BCUT2D eigenvalue weighted by atomic mass is 16.6. The molecule has 0 aromatic carbocycles. The minimum absolute atomic E-state index is 0.240. The largest absolute Gasteiger partial charge is 0.460 e. The average molecular weight is 228 g/mol.